The van der Waals surface area contributed by atoms with Gasteiger partial charge in [-0.25, -0.2) is 9.10 Å². The number of nitrogens with two attached hydrogens (primary N) is 1. The molecule has 1 aromatic heterocycles. The van der Waals surface area contributed by atoms with Crippen LogP contribution in [0.4, 0.5) is 10.5 Å². The van der Waals surface area contributed by atoms with Crippen LogP contribution in [0.1, 0.15) is 38.9 Å². The maximum Gasteiger partial charge on any atom is 0.329 e. The van der Waals surface area contributed by atoms with Gasteiger partial charge in [0.2, 0.25) is 11.8 Å². The number of anilines is 1. The number of hydrogen-bond acceptors (Lipinski definition) is 6. The highest BCUT2D eigenvalue weighted by Crippen LogP contribution is 2.36. The number of carbonyl (C=O) groups excluding carboxylic acids is 1. The Hall–Kier alpha value is -1.70. The molecule has 2 amide bonds. The number of urea groups is 1. The first-order valence-corrected chi connectivity index (χ1v) is 7.31. The van der Waals surface area contributed by atoms with Gasteiger partial charge in [-0.3, -0.25) is 0 Å². The Morgan fingerprint density at radius 2 is 1.95 bits per heavy atom. The Kier molecular flexibility index (Phi) is 7.07. The van der Waals surface area contributed by atoms with Crippen molar-refractivity contribution in [3.63, 3.8) is 0 Å². The second-order valence-corrected chi connectivity index (χ2v) is 4.80. The number of ether oxygens (including phenoxy) is 2. The quantitative estimate of drug-likeness (QED) is 0.719. The third-order valence-corrected chi connectivity index (χ3v) is 3.07. The maximum atomic E-state index is 11.4. The molecular formula is C13H22N4O3S. The molecule has 0 unspecified atom stereocenters. The molecule has 0 bridgehead atoms. The van der Waals surface area contributed by atoms with Gasteiger partial charge in [0.25, 0.3) is 0 Å². The number of thiol groups is 1. The number of primary amides is 1. The predicted octanol–water partition coefficient (Wildman–Crippen LogP) is 2.35. The molecule has 0 saturated heterocycles. The molecule has 1 rings (SSSR count). The van der Waals surface area contributed by atoms with E-state index in [9.17, 15) is 4.79 Å². The number of rotatable bonds is 8. The van der Waals surface area contributed by atoms with Crippen molar-refractivity contribution in [3.05, 3.63) is 5.82 Å². The molecule has 0 atom stereocenters. The predicted molar refractivity (Wildman–Crippen MR) is 84.0 cm³/mol. The Bertz CT molecular complexity index is 485. The van der Waals surface area contributed by atoms with Crippen molar-refractivity contribution in [2.24, 2.45) is 5.73 Å². The largest absolute Gasteiger partial charge is 0.479 e. The van der Waals surface area contributed by atoms with E-state index in [0.717, 1.165) is 23.6 Å². The summed E-state index contributed by atoms with van der Waals surface area (Å²) in [6, 6.07) is -0.761. The Labute approximate surface area is 130 Å². The lowest BCUT2D eigenvalue weighted by Crippen LogP contribution is -2.28. The number of amides is 2. The molecule has 7 nitrogen and oxygen atoms in total. The van der Waals surface area contributed by atoms with Crippen LogP contribution >= 0.6 is 12.8 Å². The third-order valence-electron chi connectivity index (χ3n) is 2.68. The molecule has 0 saturated carbocycles. The number of hydrogen-bond donors (Lipinski definition) is 2. The number of unbranched alkanes of at least 4 members (excludes halogenated alkanes) is 1. The van der Waals surface area contributed by atoms with Crippen LogP contribution in [0.15, 0.2) is 0 Å². The van der Waals surface area contributed by atoms with Crippen LogP contribution in [0.25, 0.3) is 0 Å². The number of aromatic nitrogens is 2. The van der Waals surface area contributed by atoms with Gasteiger partial charge in [0.1, 0.15) is 5.82 Å². The van der Waals surface area contributed by atoms with Gasteiger partial charge >= 0.3 is 6.03 Å². The van der Waals surface area contributed by atoms with Gasteiger partial charge in [0.05, 0.1) is 13.7 Å². The van der Waals surface area contributed by atoms with E-state index in [1.807, 2.05) is 6.92 Å². The van der Waals surface area contributed by atoms with Crippen LogP contribution in [-0.2, 0) is 6.42 Å². The number of aryl methyl sites for hydroxylation is 1. The Morgan fingerprint density at radius 1 is 1.29 bits per heavy atom. The van der Waals surface area contributed by atoms with Crippen molar-refractivity contribution in [1.29, 1.82) is 0 Å². The van der Waals surface area contributed by atoms with Crippen LogP contribution in [0.3, 0.4) is 0 Å². The maximum absolute atomic E-state index is 11.4. The van der Waals surface area contributed by atoms with Crippen LogP contribution in [0, 0.1) is 0 Å². The fourth-order valence-electron chi connectivity index (χ4n) is 1.64. The monoisotopic (exact) mass is 314 g/mol. The molecule has 118 valence electrons. The number of carbonyl (C=O) groups is 1. The molecule has 0 aliphatic rings. The molecule has 21 heavy (non-hydrogen) atoms. The minimum absolute atomic E-state index is 0.219. The zero-order valence-corrected chi connectivity index (χ0v) is 13.5. The fraction of sp³-hybridized carbons (Fsp3) is 0.615. The normalized spacial score (nSPS) is 10.3. The summed E-state index contributed by atoms with van der Waals surface area (Å²) in [5.74, 6) is 1.08. The molecule has 0 aliphatic heterocycles. The molecule has 1 heterocycles. The summed E-state index contributed by atoms with van der Waals surface area (Å²) in [5.41, 5.74) is 5.48. The van der Waals surface area contributed by atoms with E-state index in [0.29, 0.717) is 18.9 Å². The second kappa shape index (κ2) is 8.56. The molecule has 0 radical (unpaired) electrons. The van der Waals surface area contributed by atoms with E-state index in [1.165, 1.54) is 7.11 Å². The summed E-state index contributed by atoms with van der Waals surface area (Å²) >= 11 is 4.05. The van der Waals surface area contributed by atoms with E-state index in [1.54, 1.807) is 0 Å². The van der Waals surface area contributed by atoms with Crippen LogP contribution in [0.2, 0.25) is 0 Å². The van der Waals surface area contributed by atoms with Crippen LogP contribution in [0.5, 0.6) is 11.8 Å². The molecule has 1 aromatic rings. The zero-order valence-electron chi connectivity index (χ0n) is 12.6. The summed E-state index contributed by atoms with van der Waals surface area (Å²) in [6.45, 7) is 4.52. The van der Waals surface area contributed by atoms with Crippen molar-refractivity contribution in [1.82, 2.24) is 9.97 Å². The van der Waals surface area contributed by atoms with Crippen molar-refractivity contribution in [2.75, 3.05) is 18.0 Å². The van der Waals surface area contributed by atoms with Crippen molar-refractivity contribution < 1.29 is 14.3 Å². The summed E-state index contributed by atoms with van der Waals surface area (Å²) < 4.78 is 11.7. The summed E-state index contributed by atoms with van der Waals surface area (Å²) in [5, 5.41) is 0. The smallest absolute Gasteiger partial charge is 0.329 e. The topological polar surface area (TPSA) is 90.6 Å². The van der Waals surface area contributed by atoms with E-state index >= 15 is 0 Å². The minimum Gasteiger partial charge on any atom is -0.479 e. The van der Waals surface area contributed by atoms with Gasteiger partial charge in [-0.1, -0.05) is 33.1 Å². The first-order valence-electron chi connectivity index (χ1n) is 6.91. The van der Waals surface area contributed by atoms with Gasteiger partial charge in [-0.15, -0.1) is 0 Å². The summed E-state index contributed by atoms with van der Waals surface area (Å²) in [6.07, 6.45) is 3.49. The standard InChI is InChI=1S/C13H22N4O3S/c1-4-6-7-9-15-11(19-3)10(17(21)13(14)18)12(16-9)20-8-5-2/h21H,4-8H2,1-3H3,(H2,14,18). The molecule has 0 spiro atoms. The lowest BCUT2D eigenvalue weighted by molar-refractivity contribution is 0.256. The zero-order chi connectivity index (χ0) is 15.8. The van der Waals surface area contributed by atoms with Gasteiger partial charge < -0.3 is 15.2 Å². The van der Waals surface area contributed by atoms with Gasteiger partial charge in [0.15, 0.2) is 5.69 Å². The summed E-state index contributed by atoms with van der Waals surface area (Å²) in [7, 11) is 1.46. The van der Waals surface area contributed by atoms with Crippen molar-refractivity contribution in [3.8, 4) is 11.8 Å². The average Bonchev–Trinajstić information content (AvgIpc) is 2.49. The molecule has 0 fully saturated rings. The highest BCUT2D eigenvalue weighted by molar-refractivity contribution is 7.82. The molecular weight excluding hydrogens is 292 g/mol. The minimum atomic E-state index is -0.761. The lowest BCUT2D eigenvalue weighted by Gasteiger charge is -2.19. The highest BCUT2D eigenvalue weighted by Gasteiger charge is 2.24. The van der Waals surface area contributed by atoms with Crippen molar-refractivity contribution in [2.45, 2.75) is 39.5 Å². The Morgan fingerprint density at radius 3 is 2.48 bits per heavy atom. The average molecular weight is 314 g/mol. The first-order chi connectivity index (χ1) is 10.0. The number of nitrogens with zero attached hydrogens (tertiary/aromatic N) is 3. The third kappa shape index (κ3) is 4.66. The fourth-order valence-corrected chi connectivity index (χ4v) is 1.81. The van der Waals surface area contributed by atoms with Gasteiger partial charge in [-0.05, 0) is 12.8 Å². The van der Waals surface area contributed by atoms with Crippen molar-refractivity contribution >= 4 is 24.5 Å². The van der Waals surface area contributed by atoms with E-state index < -0.39 is 6.03 Å². The molecule has 0 aromatic carbocycles. The van der Waals surface area contributed by atoms with E-state index in [-0.39, 0.29) is 17.4 Å². The highest BCUT2D eigenvalue weighted by atomic mass is 32.1. The second-order valence-electron chi connectivity index (χ2n) is 4.40. The lowest BCUT2D eigenvalue weighted by atomic mass is 10.2. The molecule has 0 aliphatic carbocycles. The van der Waals surface area contributed by atoms with Gasteiger partial charge in [0, 0.05) is 6.42 Å². The van der Waals surface area contributed by atoms with Gasteiger partial charge in [-0.2, -0.15) is 9.97 Å². The number of methoxy groups -OCH3 is 1. The SMILES string of the molecule is CCCCc1nc(OC)c(N(S)C(N)=O)c(OCCC)n1. The van der Waals surface area contributed by atoms with Crippen LogP contribution in [-0.4, -0.2) is 29.7 Å². The Balaban J connectivity index is 3.25. The molecule has 8 heteroatoms. The molecule has 2 N–H and O–H groups in total. The first kappa shape index (κ1) is 17.4. The van der Waals surface area contributed by atoms with Crippen LogP contribution < -0.4 is 19.5 Å². The summed E-state index contributed by atoms with van der Waals surface area (Å²) in [4.78, 5) is 20.0. The van der Waals surface area contributed by atoms with E-state index in [2.05, 4.69) is 29.7 Å². The van der Waals surface area contributed by atoms with E-state index in [4.69, 9.17) is 15.2 Å².